The molecule has 0 unspecified atom stereocenters. The lowest BCUT2D eigenvalue weighted by molar-refractivity contribution is 0.0550. The molecule has 88 valence electrons. The van der Waals surface area contributed by atoms with Gasteiger partial charge < -0.3 is 9.47 Å². The smallest absolute Gasteiger partial charge is 0.357 e. The Morgan fingerprint density at radius 3 is 2.59 bits per heavy atom. The summed E-state index contributed by atoms with van der Waals surface area (Å²) >= 11 is 1.39. The summed E-state index contributed by atoms with van der Waals surface area (Å²) in [5.41, 5.74) is 0.0968. The Kier molecular flexibility index (Phi) is 3.06. The van der Waals surface area contributed by atoms with Crippen LogP contribution in [-0.4, -0.2) is 31.1 Å². The van der Waals surface area contributed by atoms with Crippen LogP contribution in [0.4, 0.5) is 0 Å². The third-order valence-corrected chi connectivity index (χ3v) is 3.05. The van der Waals surface area contributed by atoms with Gasteiger partial charge in [0.15, 0.2) is 5.69 Å². The quantitative estimate of drug-likeness (QED) is 0.762. The summed E-state index contributed by atoms with van der Waals surface area (Å²) in [5, 5.41) is 2.63. The van der Waals surface area contributed by atoms with Gasteiger partial charge in [0.2, 0.25) is 0 Å². The van der Waals surface area contributed by atoms with Gasteiger partial charge in [0.1, 0.15) is 4.83 Å². The number of aromatic nitrogens is 1. The van der Waals surface area contributed by atoms with E-state index in [0.29, 0.717) is 4.83 Å². The van der Waals surface area contributed by atoms with Crippen molar-refractivity contribution < 1.29 is 19.1 Å². The third kappa shape index (κ3) is 1.99. The van der Waals surface area contributed by atoms with E-state index in [1.165, 1.54) is 25.6 Å². The van der Waals surface area contributed by atoms with Crippen LogP contribution in [0.15, 0.2) is 17.5 Å². The standard InChI is InChI=1S/C11H9NO4S/c1-15-10(13)7-5-6-3-4-17-9(6)12-8(7)11(14)16-2/h3-5H,1-2H3. The molecule has 0 spiro atoms. The molecule has 0 saturated heterocycles. The molecule has 0 aliphatic rings. The van der Waals surface area contributed by atoms with Crippen LogP contribution in [0.1, 0.15) is 20.8 Å². The summed E-state index contributed by atoms with van der Waals surface area (Å²) in [6, 6.07) is 3.40. The van der Waals surface area contributed by atoms with E-state index in [1.807, 2.05) is 11.4 Å². The summed E-state index contributed by atoms with van der Waals surface area (Å²) in [6.45, 7) is 0. The van der Waals surface area contributed by atoms with E-state index in [9.17, 15) is 9.59 Å². The highest BCUT2D eigenvalue weighted by Gasteiger charge is 2.21. The van der Waals surface area contributed by atoms with E-state index in [0.717, 1.165) is 5.39 Å². The first-order valence-corrected chi connectivity index (χ1v) is 5.60. The second-order valence-electron chi connectivity index (χ2n) is 3.18. The van der Waals surface area contributed by atoms with Gasteiger partial charge in [0, 0.05) is 5.39 Å². The van der Waals surface area contributed by atoms with Crippen molar-refractivity contribution >= 4 is 33.5 Å². The number of fused-ring (bicyclic) bond motifs is 1. The molecule has 0 aromatic carbocycles. The number of carbonyl (C=O) groups excluding carboxylic acids is 2. The molecule has 0 radical (unpaired) electrons. The number of rotatable bonds is 2. The van der Waals surface area contributed by atoms with Gasteiger partial charge in [-0.05, 0) is 17.5 Å². The van der Waals surface area contributed by atoms with Crippen LogP contribution in [0.25, 0.3) is 10.2 Å². The first-order valence-electron chi connectivity index (χ1n) is 4.72. The zero-order valence-corrected chi connectivity index (χ0v) is 10.0. The molecule has 0 atom stereocenters. The minimum Gasteiger partial charge on any atom is -0.465 e. The maximum absolute atomic E-state index is 11.6. The molecular weight excluding hydrogens is 242 g/mol. The minimum absolute atomic E-state index is 0.0192. The Balaban J connectivity index is 2.67. The maximum atomic E-state index is 11.6. The van der Waals surface area contributed by atoms with E-state index in [2.05, 4.69) is 14.5 Å². The second kappa shape index (κ2) is 4.50. The highest BCUT2D eigenvalue weighted by Crippen LogP contribution is 2.22. The van der Waals surface area contributed by atoms with Crippen LogP contribution >= 0.6 is 11.3 Å². The van der Waals surface area contributed by atoms with Crippen molar-refractivity contribution in [3.05, 3.63) is 28.8 Å². The van der Waals surface area contributed by atoms with Gasteiger partial charge in [-0.15, -0.1) is 11.3 Å². The number of ether oxygens (including phenoxy) is 2. The molecule has 0 amide bonds. The maximum Gasteiger partial charge on any atom is 0.357 e. The van der Waals surface area contributed by atoms with Crippen molar-refractivity contribution in [2.45, 2.75) is 0 Å². The van der Waals surface area contributed by atoms with E-state index in [-0.39, 0.29) is 11.3 Å². The zero-order chi connectivity index (χ0) is 12.4. The second-order valence-corrected chi connectivity index (χ2v) is 4.08. The van der Waals surface area contributed by atoms with E-state index in [1.54, 1.807) is 6.07 Å². The van der Waals surface area contributed by atoms with E-state index >= 15 is 0 Å². The van der Waals surface area contributed by atoms with Gasteiger partial charge in [-0.3, -0.25) is 0 Å². The van der Waals surface area contributed by atoms with Crippen molar-refractivity contribution in [1.29, 1.82) is 0 Å². The van der Waals surface area contributed by atoms with Crippen LogP contribution < -0.4 is 0 Å². The van der Waals surface area contributed by atoms with Crippen LogP contribution in [0.3, 0.4) is 0 Å². The molecule has 0 bridgehead atoms. The number of carbonyl (C=O) groups is 2. The molecule has 2 aromatic heterocycles. The van der Waals surface area contributed by atoms with Gasteiger partial charge in [-0.25, -0.2) is 14.6 Å². The predicted molar refractivity (Wildman–Crippen MR) is 62.3 cm³/mol. The Morgan fingerprint density at radius 2 is 1.94 bits per heavy atom. The molecule has 0 N–H and O–H groups in total. The van der Waals surface area contributed by atoms with Crippen LogP contribution in [0.5, 0.6) is 0 Å². The lowest BCUT2D eigenvalue weighted by Gasteiger charge is -2.05. The SMILES string of the molecule is COC(=O)c1cc2ccsc2nc1C(=O)OC. The van der Waals surface area contributed by atoms with Gasteiger partial charge >= 0.3 is 11.9 Å². The zero-order valence-electron chi connectivity index (χ0n) is 9.22. The van der Waals surface area contributed by atoms with E-state index < -0.39 is 11.9 Å². The summed E-state index contributed by atoms with van der Waals surface area (Å²) < 4.78 is 9.21. The van der Waals surface area contributed by atoms with Crippen molar-refractivity contribution in [1.82, 2.24) is 4.98 Å². The van der Waals surface area contributed by atoms with Crippen molar-refractivity contribution in [3.63, 3.8) is 0 Å². The monoisotopic (exact) mass is 251 g/mol. The van der Waals surface area contributed by atoms with Crippen LogP contribution in [-0.2, 0) is 9.47 Å². The Bertz CT molecular complexity index is 540. The molecule has 17 heavy (non-hydrogen) atoms. The molecule has 0 saturated carbocycles. The topological polar surface area (TPSA) is 65.5 Å². The molecule has 2 aromatic rings. The molecule has 2 rings (SSSR count). The number of hydrogen-bond donors (Lipinski definition) is 0. The van der Waals surface area contributed by atoms with Gasteiger partial charge in [0.25, 0.3) is 0 Å². The van der Waals surface area contributed by atoms with Crippen molar-refractivity contribution in [2.24, 2.45) is 0 Å². The molecule has 2 heterocycles. The van der Waals surface area contributed by atoms with Gasteiger partial charge in [-0.2, -0.15) is 0 Å². The molecule has 0 aliphatic carbocycles. The summed E-state index contributed by atoms with van der Waals surface area (Å²) in [6.07, 6.45) is 0. The normalized spacial score (nSPS) is 10.2. The number of esters is 2. The fourth-order valence-electron chi connectivity index (χ4n) is 1.42. The molecule has 0 aliphatic heterocycles. The fourth-order valence-corrected chi connectivity index (χ4v) is 2.17. The highest BCUT2D eigenvalue weighted by atomic mass is 32.1. The van der Waals surface area contributed by atoms with Crippen LogP contribution in [0.2, 0.25) is 0 Å². The summed E-state index contributed by atoms with van der Waals surface area (Å²) in [4.78, 5) is 27.9. The largest absolute Gasteiger partial charge is 0.465 e. The predicted octanol–water partition coefficient (Wildman–Crippen LogP) is 1.87. The Morgan fingerprint density at radius 1 is 1.24 bits per heavy atom. The lowest BCUT2D eigenvalue weighted by Crippen LogP contribution is -2.13. The molecule has 0 fully saturated rings. The highest BCUT2D eigenvalue weighted by molar-refractivity contribution is 7.16. The number of methoxy groups -OCH3 is 2. The number of thiophene rings is 1. The van der Waals surface area contributed by atoms with E-state index in [4.69, 9.17) is 0 Å². The third-order valence-electron chi connectivity index (χ3n) is 2.23. The van der Waals surface area contributed by atoms with Crippen molar-refractivity contribution in [2.75, 3.05) is 14.2 Å². The number of nitrogens with zero attached hydrogens (tertiary/aromatic N) is 1. The van der Waals surface area contributed by atoms with Gasteiger partial charge in [0.05, 0.1) is 19.8 Å². The fraction of sp³-hybridized carbons (Fsp3) is 0.182. The molecule has 5 nitrogen and oxygen atoms in total. The number of pyridine rings is 1. The molecule has 6 heteroatoms. The Hall–Kier alpha value is -1.95. The summed E-state index contributed by atoms with van der Waals surface area (Å²) in [7, 11) is 2.49. The lowest BCUT2D eigenvalue weighted by atomic mass is 10.1. The number of hydrogen-bond acceptors (Lipinski definition) is 6. The summed E-state index contributed by atoms with van der Waals surface area (Å²) in [5.74, 6) is -1.26. The van der Waals surface area contributed by atoms with Gasteiger partial charge in [-0.1, -0.05) is 0 Å². The van der Waals surface area contributed by atoms with Crippen LogP contribution in [0, 0.1) is 0 Å². The average Bonchev–Trinajstić information content (AvgIpc) is 2.82. The average molecular weight is 251 g/mol. The Labute approximate surface area is 101 Å². The minimum atomic E-state index is -0.652. The first-order chi connectivity index (χ1) is 8.17. The van der Waals surface area contributed by atoms with Crippen molar-refractivity contribution in [3.8, 4) is 0 Å². The molecular formula is C11H9NO4S. The first kappa shape index (κ1) is 11.5.